The van der Waals surface area contributed by atoms with Crippen LogP contribution in [-0.2, 0) is 22.8 Å². The van der Waals surface area contributed by atoms with Crippen LogP contribution >= 0.6 is 0 Å². The molecule has 1 fully saturated rings. The zero-order valence-electron chi connectivity index (χ0n) is 17.5. The van der Waals surface area contributed by atoms with Gasteiger partial charge in [-0.15, -0.1) is 0 Å². The molecular weight excluding hydrogens is 369 g/mol. The lowest BCUT2D eigenvalue weighted by atomic mass is 9.72. The second kappa shape index (κ2) is 8.13. The van der Waals surface area contributed by atoms with Crippen molar-refractivity contribution in [2.45, 2.75) is 71.0 Å². The minimum Gasteiger partial charge on any atom is -0.388 e. The Hall–Kier alpha value is -1.82. The highest BCUT2D eigenvalue weighted by molar-refractivity contribution is 5.74. The molecule has 4 nitrogen and oxygen atoms in total. The van der Waals surface area contributed by atoms with Crippen LogP contribution in [0.3, 0.4) is 0 Å². The van der Waals surface area contributed by atoms with Gasteiger partial charge in [-0.25, -0.2) is 14.2 Å². The Morgan fingerprint density at radius 1 is 1.17 bits per heavy atom. The molecule has 1 atom stereocenters. The Balaban J connectivity index is 1.97. The van der Waals surface area contributed by atoms with Crippen LogP contribution in [0.15, 0.2) is 24.3 Å². The molecule has 1 aromatic heterocycles. The molecule has 2 aliphatic rings. The highest BCUT2D eigenvalue weighted by Crippen LogP contribution is 2.48. The van der Waals surface area contributed by atoms with Crippen LogP contribution in [0.25, 0.3) is 11.1 Å². The molecular formula is C24H30FNO3. The molecule has 1 unspecified atom stereocenters. The molecule has 1 heterocycles. The summed E-state index contributed by atoms with van der Waals surface area (Å²) >= 11 is 0. The zero-order chi connectivity index (χ0) is 20.6. The van der Waals surface area contributed by atoms with E-state index in [0.717, 1.165) is 52.9 Å². The number of pyridine rings is 1. The van der Waals surface area contributed by atoms with E-state index in [-0.39, 0.29) is 17.8 Å². The Kier molecular flexibility index (Phi) is 5.74. The van der Waals surface area contributed by atoms with Crippen molar-refractivity contribution in [1.82, 2.24) is 4.98 Å². The summed E-state index contributed by atoms with van der Waals surface area (Å²) < 4.78 is 13.6. The lowest BCUT2D eigenvalue weighted by Gasteiger charge is -2.37. The van der Waals surface area contributed by atoms with Gasteiger partial charge in [0.2, 0.25) is 0 Å². The summed E-state index contributed by atoms with van der Waals surface area (Å²) in [4.78, 5) is 15.4. The molecule has 4 rings (SSSR count). The third kappa shape index (κ3) is 4.09. The molecule has 0 aliphatic heterocycles. The number of aliphatic hydroxyl groups excluding tert-OH is 1. The van der Waals surface area contributed by atoms with Gasteiger partial charge in [-0.3, -0.25) is 4.98 Å². The van der Waals surface area contributed by atoms with Gasteiger partial charge in [0.25, 0.3) is 0 Å². The first kappa shape index (κ1) is 20.5. The molecule has 0 spiro atoms. The van der Waals surface area contributed by atoms with Crippen LogP contribution in [0, 0.1) is 11.2 Å². The highest BCUT2D eigenvalue weighted by atomic mass is 19.1. The van der Waals surface area contributed by atoms with Gasteiger partial charge in [0.15, 0.2) is 0 Å². The number of aromatic nitrogens is 1. The fraction of sp³-hybridized carbons (Fsp3) is 0.542. The number of rotatable bonds is 5. The summed E-state index contributed by atoms with van der Waals surface area (Å²) in [6.45, 7) is 4.61. The molecule has 5 heteroatoms. The Labute approximate surface area is 172 Å². The first-order chi connectivity index (χ1) is 13.9. The van der Waals surface area contributed by atoms with Gasteiger partial charge in [0.1, 0.15) is 12.4 Å². The van der Waals surface area contributed by atoms with Crippen molar-refractivity contribution < 1.29 is 19.3 Å². The van der Waals surface area contributed by atoms with Crippen LogP contribution in [0.5, 0.6) is 0 Å². The molecule has 1 saturated carbocycles. The second-order valence-electron chi connectivity index (χ2n) is 9.19. The van der Waals surface area contributed by atoms with Crippen molar-refractivity contribution in [3.05, 3.63) is 52.6 Å². The third-order valence-corrected chi connectivity index (χ3v) is 6.37. The van der Waals surface area contributed by atoms with Gasteiger partial charge in [0, 0.05) is 22.7 Å². The van der Waals surface area contributed by atoms with E-state index in [9.17, 15) is 9.50 Å². The van der Waals surface area contributed by atoms with Gasteiger partial charge < -0.3 is 5.11 Å². The monoisotopic (exact) mass is 399 g/mol. The van der Waals surface area contributed by atoms with Crippen molar-refractivity contribution >= 4 is 0 Å². The highest BCUT2D eigenvalue weighted by Gasteiger charge is 2.37. The SMILES string of the molecule is COOCc1c(C2CCCC2)nc2c(c1-c1ccc(F)cc1)C(O)CC(C)(C)C2. The topological polar surface area (TPSA) is 51.6 Å². The van der Waals surface area contributed by atoms with Crippen molar-refractivity contribution in [1.29, 1.82) is 0 Å². The van der Waals surface area contributed by atoms with Gasteiger partial charge in [-0.2, -0.15) is 0 Å². The van der Waals surface area contributed by atoms with Crippen molar-refractivity contribution in [2.75, 3.05) is 7.11 Å². The van der Waals surface area contributed by atoms with E-state index in [1.165, 1.54) is 32.1 Å². The second-order valence-corrected chi connectivity index (χ2v) is 9.19. The van der Waals surface area contributed by atoms with Crippen molar-refractivity contribution in [3.8, 4) is 11.1 Å². The first-order valence-electron chi connectivity index (χ1n) is 10.5. The van der Waals surface area contributed by atoms with Crippen molar-refractivity contribution in [3.63, 3.8) is 0 Å². The number of halogens is 1. The molecule has 0 radical (unpaired) electrons. The predicted molar refractivity (Wildman–Crippen MR) is 110 cm³/mol. The Bertz CT molecular complexity index is 873. The van der Waals surface area contributed by atoms with E-state index < -0.39 is 6.10 Å². The lowest BCUT2D eigenvalue weighted by Crippen LogP contribution is -2.28. The van der Waals surface area contributed by atoms with Crippen LogP contribution in [0.1, 0.15) is 80.5 Å². The van der Waals surface area contributed by atoms with Crippen LogP contribution in [-0.4, -0.2) is 17.2 Å². The number of hydrogen-bond acceptors (Lipinski definition) is 4. The summed E-state index contributed by atoms with van der Waals surface area (Å²) in [6.07, 6.45) is 5.51. The standard InChI is InChI=1S/C24H30FNO3/c1-24(2)12-19-22(20(27)13-24)21(15-8-10-17(25)11-9-15)18(14-29-28-3)23(26-19)16-6-4-5-7-16/h8-11,16,20,27H,4-7,12-14H2,1-3H3. The van der Waals surface area contributed by atoms with Crippen LogP contribution in [0.4, 0.5) is 4.39 Å². The number of benzene rings is 1. The fourth-order valence-corrected chi connectivity index (χ4v) is 5.10. The van der Waals surface area contributed by atoms with Gasteiger partial charge >= 0.3 is 0 Å². The van der Waals surface area contributed by atoms with E-state index in [2.05, 4.69) is 13.8 Å². The van der Waals surface area contributed by atoms with Crippen LogP contribution in [0.2, 0.25) is 0 Å². The molecule has 1 aromatic carbocycles. The summed E-state index contributed by atoms with van der Waals surface area (Å²) in [7, 11) is 1.50. The molecule has 156 valence electrons. The van der Waals surface area contributed by atoms with E-state index >= 15 is 0 Å². The quantitative estimate of drug-likeness (QED) is 0.523. The number of fused-ring (bicyclic) bond motifs is 1. The average molecular weight is 400 g/mol. The summed E-state index contributed by atoms with van der Waals surface area (Å²) in [5.74, 6) is 0.112. The summed E-state index contributed by atoms with van der Waals surface area (Å²) in [6, 6.07) is 6.51. The molecule has 2 aliphatic carbocycles. The average Bonchev–Trinajstić information content (AvgIpc) is 3.20. The number of nitrogens with zero attached hydrogens (tertiary/aromatic N) is 1. The molecule has 0 bridgehead atoms. The Morgan fingerprint density at radius 2 is 1.86 bits per heavy atom. The Morgan fingerprint density at radius 3 is 2.52 bits per heavy atom. The fourth-order valence-electron chi connectivity index (χ4n) is 5.10. The predicted octanol–water partition coefficient (Wildman–Crippen LogP) is 5.63. The molecule has 0 saturated heterocycles. The molecule has 29 heavy (non-hydrogen) atoms. The third-order valence-electron chi connectivity index (χ3n) is 6.37. The van der Waals surface area contributed by atoms with E-state index in [1.54, 1.807) is 12.1 Å². The van der Waals surface area contributed by atoms with Gasteiger partial charge in [0.05, 0.1) is 18.9 Å². The minimum atomic E-state index is -0.611. The van der Waals surface area contributed by atoms with Crippen LogP contribution < -0.4 is 0 Å². The smallest absolute Gasteiger partial charge is 0.123 e. The maximum atomic E-state index is 13.6. The zero-order valence-corrected chi connectivity index (χ0v) is 17.5. The number of hydrogen-bond donors (Lipinski definition) is 1. The van der Waals surface area contributed by atoms with Gasteiger partial charge in [-0.05, 0) is 54.4 Å². The maximum Gasteiger partial charge on any atom is 0.123 e. The van der Waals surface area contributed by atoms with E-state index in [1.807, 2.05) is 0 Å². The van der Waals surface area contributed by atoms with E-state index in [0.29, 0.717) is 12.3 Å². The number of aliphatic hydroxyl groups is 1. The summed E-state index contributed by atoms with van der Waals surface area (Å²) in [5.41, 5.74) is 5.67. The minimum absolute atomic E-state index is 0.0169. The van der Waals surface area contributed by atoms with Gasteiger partial charge in [-0.1, -0.05) is 38.8 Å². The normalized spacial score (nSPS) is 21.3. The molecule has 0 amide bonds. The largest absolute Gasteiger partial charge is 0.388 e. The molecule has 1 N–H and O–H groups in total. The van der Waals surface area contributed by atoms with E-state index in [4.69, 9.17) is 14.8 Å². The van der Waals surface area contributed by atoms with Crippen molar-refractivity contribution in [2.24, 2.45) is 5.41 Å². The molecule has 2 aromatic rings. The lowest BCUT2D eigenvalue weighted by molar-refractivity contribution is -0.282. The maximum absolute atomic E-state index is 13.6. The summed E-state index contributed by atoms with van der Waals surface area (Å²) in [5, 5.41) is 11.1. The first-order valence-corrected chi connectivity index (χ1v) is 10.5.